The third-order valence-electron chi connectivity index (χ3n) is 3.76. The first-order valence-corrected chi connectivity index (χ1v) is 7.86. The van der Waals surface area contributed by atoms with Crippen molar-refractivity contribution in [3.8, 4) is 11.5 Å². The lowest BCUT2D eigenvalue weighted by Crippen LogP contribution is -2.23. The van der Waals surface area contributed by atoms with Gasteiger partial charge in [-0.3, -0.25) is 4.79 Å². The molecule has 2 rings (SSSR count). The SMILES string of the molecule is COc1ccc(CCNC(=O)/C=C/c2ccccc2C)cc1OC. The maximum Gasteiger partial charge on any atom is 0.244 e. The van der Waals surface area contributed by atoms with Crippen molar-refractivity contribution >= 4 is 12.0 Å². The Morgan fingerprint density at radius 2 is 1.83 bits per heavy atom. The zero-order valence-corrected chi connectivity index (χ0v) is 14.3. The Labute approximate surface area is 143 Å². The smallest absolute Gasteiger partial charge is 0.244 e. The summed E-state index contributed by atoms with van der Waals surface area (Å²) >= 11 is 0. The van der Waals surface area contributed by atoms with Gasteiger partial charge in [-0.15, -0.1) is 0 Å². The summed E-state index contributed by atoms with van der Waals surface area (Å²) < 4.78 is 10.5. The molecule has 2 aromatic rings. The average molecular weight is 325 g/mol. The molecule has 4 nitrogen and oxygen atoms in total. The highest BCUT2D eigenvalue weighted by atomic mass is 16.5. The fourth-order valence-electron chi connectivity index (χ4n) is 2.36. The normalized spacial score (nSPS) is 10.6. The fraction of sp³-hybridized carbons (Fsp3) is 0.250. The van der Waals surface area contributed by atoms with E-state index >= 15 is 0 Å². The highest BCUT2D eigenvalue weighted by Gasteiger charge is 2.04. The number of amides is 1. The summed E-state index contributed by atoms with van der Waals surface area (Å²) in [7, 11) is 3.22. The van der Waals surface area contributed by atoms with Crippen molar-refractivity contribution in [2.45, 2.75) is 13.3 Å². The molecule has 0 aliphatic carbocycles. The fourth-order valence-corrected chi connectivity index (χ4v) is 2.36. The van der Waals surface area contributed by atoms with E-state index in [1.165, 1.54) is 0 Å². The lowest BCUT2D eigenvalue weighted by molar-refractivity contribution is -0.116. The maximum absolute atomic E-state index is 11.9. The van der Waals surface area contributed by atoms with Crippen LogP contribution in [-0.4, -0.2) is 26.7 Å². The van der Waals surface area contributed by atoms with E-state index < -0.39 is 0 Å². The molecule has 0 aliphatic rings. The Hall–Kier alpha value is -2.75. The first-order valence-electron chi connectivity index (χ1n) is 7.86. The van der Waals surface area contributed by atoms with Gasteiger partial charge >= 0.3 is 0 Å². The van der Waals surface area contributed by atoms with Gasteiger partial charge in [-0.2, -0.15) is 0 Å². The molecule has 0 spiro atoms. The Balaban J connectivity index is 1.85. The van der Waals surface area contributed by atoms with Crippen LogP contribution in [0.5, 0.6) is 11.5 Å². The molecule has 0 heterocycles. The number of hydrogen-bond acceptors (Lipinski definition) is 3. The second-order valence-corrected chi connectivity index (χ2v) is 5.42. The van der Waals surface area contributed by atoms with Gasteiger partial charge < -0.3 is 14.8 Å². The van der Waals surface area contributed by atoms with Gasteiger partial charge in [-0.1, -0.05) is 30.3 Å². The summed E-state index contributed by atoms with van der Waals surface area (Å²) in [5, 5.41) is 2.89. The molecule has 0 fully saturated rings. The van der Waals surface area contributed by atoms with E-state index in [1.807, 2.05) is 55.5 Å². The highest BCUT2D eigenvalue weighted by molar-refractivity contribution is 5.91. The third kappa shape index (κ3) is 4.88. The molecule has 0 radical (unpaired) electrons. The van der Waals surface area contributed by atoms with E-state index in [0.29, 0.717) is 18.0 Å². The summed E-state index contributed by atoms with van der Waals surface area (Å²) in [6, 6.07) is 13.7. The molecule has 0 saturated carbocycles. The van der Waals surface area contributed by atoms with Gasteiger partial charge in [0.05, 0.1) is 14.2 Å². The van der Waals surface area contributed by atoms with Crippen molar-refractivity contribution in [3.05, 3.63) is 65.2 Å². The van der Waals surface area contributed by atoms with Gasteiger partial charge in [-0.25, -0.2) is 0 Å². The minimum Gasteiger partial charge on any atom is -0.493 e. The maximum atomic E-state index is 11.9. The summed E-state index contributed by atoms with van der Waals surface area (Å²) in [4.78, 5) is 11.9. The monoisotopic (exact) mass is 325 g/mol. The van der Waals surface area contributed by atoms with Crippen LogP contribution < -0.4 is 14.8 Å². The molecule has 0 aromatic heterocycles. The topological polar surface area (TPSA) is 47.6 Å². The Morgan fingerprint density at radius 3 is 2.54 bits per heavy atom. The predicted molar refractivity (Wildman–Crippen MR) is 96.5 cm³/mol. The number of carbonyl (C=O) groups is 1. The van der Waals surface area contributed by atoms with Crippen LogP contribution >= 0.6 is 0 Å². The molecule has 4 heteroatoms. The van der Waals surface area contributed by atoms with E-state index in [0.717, 1.165) is 23.1 Å². The Kier molecular flexibility index (Phi) is 6.43. The van der Waals surface area contributed by atoms with Gasteiger partial charge in [-0.05, 0) is 48.2 Å². The first kappa shape index (κ1) is 17.6. The van der Waals surface area contributed by atoms with Crippen molar-refractivity contribution in [3.63, 3.8) is 0 Å². The molecular formula is C20H23NO3. The second-order valence-electron chi connectivity index (χ2n) is 5.42. The van der Waals surface area contributed by atoms with Crippen molar-refractivity contribution in [1.82, 2.24) is 5.32 Å². The summed E-state index contributed by atoms with van der Waals surface area (Å²) in [5.74, 6) is 1.30. The number of methoxy groups -OCH3 is 2. The van der Waals surface area contributed by atoms with Crippen LogP contribution in [-0.2, 0) is 11.2 Å². The summed E-state index contributed by atoms with van der Waals surface area (Å²) in [6.07, 6.45) is 4.13. The number of nitrogens with one attached hydrogen (secondary N) is 1. The lowest BCUT2D eigenvalue weighted by atomic mass is 10.1. The van der Waals surface area contributed by atoms with E-state index in [4.69, 9.17) is 9.47 Å². The van der Waals surface area contributed by atoms with E-state index in [-0.39, 0.29) is 5.91 Å². The summed E-state index contributed by atoms with van der Waals surface area (Å²) in [5.41, 5.74) is 3.27. The molecule has 0 unspecified atom stereocenters. The molecular weight excluding hydrogens is 302 g/mol. The van der Waals surface area contributed by atoms with Crippen LogP contribution in [0.2, 0.25) is 0 Å². The van der Waals surface area contributed by atoms with Crippen LogP contribution in [0.15, 0.2) is 48.5 Å². The molecule has 1 amide bonds. The lowest BCUT2D eigenvalue weighted by Gasteiger charge is -2.09. The molecule has 126 valence electrons. The number of carbonyl (C=O) groups excluding carboxylic acids is 1. The largest absolute Gasteiger partial charge is 0.493 e. The minimum absolute atomic E-state index is 0.0984. The predicted octanol–water partition coefficient (Wildman–Crippen LogP) is 3.38. The van der Waals surface area contributed by atoms with E-state index in [2.05, 4.69) is 5.32 Å². The number of benzene rings is 2. The molecule has 2 aromatic carbocycles. The third-order valence-corrected chi connectivity index (χ3v) is 3.76. The number of rotatable bonds is 7. The van der Waals surface area contributed by atoms with Crippen LogP contribution in [0.4, 0.5) is 0 Å². The van der Waals surface area contributed by atoms with Crippen molar-refractivity contribution in [2.24, 2.45) is 0 Å². The molecule has 0 saturated heterocycles. The van der Waals surface area contributed by atoms with Gasteiger partial charge in [0.1, 0.15) is 0 Å². The van der Waals surface area contributed by atoms with Crippen LogP contribution in [0.3, 0.4) is 0 Å². The molecule has 24 heavy (non-hydrogen) atoms. The van der Waals surface area contributed by atoms with Crippen molar-refractivity contribution in [1.29, 1.82) is 0 Å². The second kappa shape index (κ2) is 8.77. The van der Waals surface area contributed by atoms with Crippen molar-refractivity contribution in [2.75, 3.05) is 20.8 Å². The van der Waals surface area contributed by atoms with Gasteiger partial charge in [0.2, 0.25) is 5.91 Å². The molecule has 1 N–H and O–H groups in total. The quantitative estimate of drug-likeness (QED) is 0.794. The zero-order chi connectivity index (χ0) is 17.4. The number of ether oxygens (including phenoxy) is 2. The van der Waals surface area contributed by atoms with Crippen LogP contribution in [0, 0.1) is 6.92 Å². The van der Waals surface area contributed by atoms with Crippen LogP contribution in [0.1, 0.15) is 16.7 Å². The van der Waals surface area contributed by atoms with Gasteiger partial charge in [0.15, 0.2) is 11.5 Å². The highest BCUT2D eigenvalue weighted by Crippen LogP contribution is 2.27. The molecule has 0 bridgehead atoms. The minimum atomic E-state index is -0.0984. The average Bonchev–Trinajstić information content (AvgIpc) is 2.61. The van der Waals surface area contributed by atoms with Gasteiger partial charge in [0.25, 0.3) is 0 Å². The molecule has 0 atom stereocenters. The Bertz CT molecular complexity index is 723. The standard InChI is InChI=1S/C20H23NO3/c1-15-6-4-5-7-17(15)9-11-20(22)21-13-12-16-8-10-18(23-2)19(14-16)24-3/h4-11,14H,12-13H2,1-3H3,(H,21,22)/b11-9+. The van der Waals surface area contributed by atoms with E-state index in [1.54, 1.807) is 20.3 Å². The van der Waals surface area contributed by atoms with Crippen LogP contribution in [0.25, 0.3) is 6.08 Å². The summed E-state index contributed by atoms with van der Waals surface area (Å²) in [6.45, 7) is 2.58. The zero-order valence-electron chi connectivity index (χ0n) is 14.3. The number of aryl methyl sites for hydroxylation is 1. The number of hydrogen-bond donors (Lipinski definition) is 1. The van der Waals surface area contributed by atoms with Gasteiger partial charge in [0, 0.05) is 12.6 Å². The first-order chi connectivity index (χ1) is 11.6. The molecule has 0 aliphatic heterocycles. The Morgan fingerprint density at radius 1 is 1.08 bits per heavy atom. The van der Waals surface area contributed by atoms with Crippen molar-refractivity contribution < 1.29 is 14.3 Å². The van der Waals surface area contributed by atoms with E-state index in [9.17, 15) is 4.79 Å².